The van der Waals surface area contributed by atoms with E-state index in [1.807, 2.05) is 31.2 Å². The molecule has 7 nitrogen and oxygen atoms in total. The van der Waals surface area contributed by atoms with Crippen molar-refractivity contribution < 1.29 is 24.2 Å². The van der Waals surface area contributed by atoms with Crippen LogP contribution in [0.2, 0.25) is 0 Å². The SMILES string of the molecule is CCC[C@H](CC(=O)O)NC(=O)CC(NC(=O)OCC1c2ccccc2-c2ccccc21)C1CC1. The van der Waals surface area contributed by atoms with E-state index in [0.29, 0.717) is 6.42 Å². The number of nitrogens with one attached hydrogen (secondary N) is 2. The molecule has 0 spiro atoms. The molecular weight excluding hydrogens is 432 g/mol. The average Bonchev–Trinajstić information content (AvgIpc) is 3.60. The summed E-state index contributed by atoms with van der Waals surface area (Å²) in [4.78, 5) is 36.3. The quantitative estimate of drug-likeness (QED) is 0.456. The second-order valence-electron chi connectivity index (χ2n) is 9.27. The summed E-state index contributed by atoms with van der Waals surface area (Å²) in [5.74, 6) is -0.952. The molecule has 1 unspecified atom stereocenters. The van der Waals surface area contributed by atoms with Gasteiger partial charge in [0.2, 0.25) is 5.91 Å². The van der Waals surface area contributed by atoms with Crippen molar-refractivity contribution in [3.8, 4) is 11.1 Å². The topological polar surface area (TPSA) is 105 Å². The van der Waals surface area contributed by atoms with Crippen LogP contribution in [0.15, 0.2) is 48.5 Å². The summed E-state index contributed by atoms with van der Waals surface area (Å²) in [5.41, 5.74) is 4.63. The molecule has 34 heavy (non-hydrogen) atoms. The first-order valence-electron chi connectivity index (χ1n) is 12.1. The van der Waals surface area contributed by atoms with Crippen molar-refractivity contribution in [2.45, 2.75) is 63.5 Å². The van der Waals surface area contributed by atoms with E-state index >= 15 is 0 Å². The number of fused-ring (bicyclic) bond motifs is 3. The minimum absolute atomic E-state index is 0.0216. The van der Waals surface area contributed by atoms with Crippen molar-refractivity contribution in [3.63, 3.8) is 0 Å². The molecule has 2 amide bonds. The highest BCUT2D eigenvalue weighted by molar-refractivity contribution is 5.80. The highest BCUT2D eigenvalue weighted by Crippen LogP contribution is 2.44. The number of carbonyl (C=O) groups excluding carboxylic acids is 2. The Morgan fingerprint density at radius 3 is 2.15 bits per heavy atom. The molecule has 1 saturated carbocycles. The van der Waals surface area contributed by atoms with Crippen molar-refractivity contribution in [3.05, 3.63) is 59.7 Å². The van der Waals surface area contributed by atoms with Gasteiger partial charge in [0, 0.05) is 24.4 Å². The van der Waals surface area contributed by atoms with Gasteiger partial charge in [-0.25, -0.2) is 4.79 Å². The zero-order valence-corrected chi connectivity index (χ0v) is 19.5. The summed E-state index contributed by atoms with van der Waals surface area (Å²) in [7, 11) is 0. The largest absolute Gasteiger partial charge is 0.481 e. The maximum atomic E-state index is 12.7. The molecule has 0 heterocycles. The maximum absolute atomic E-state index is 12.7. The Labute approximate surface area is 199 Å². The van der Waals surface area contributed by atoms with Gasteiger partial charge in [-0.15, -0.1) is 0 Å². The Morgan fingerprint density at radius 1 is 0.971 bits per heavy atom. The van der Waals surface area contributed by atoms with E-state index < -0.39 is 18.1 Å². The zero-order valence-electron chi connectivity index (χ0n) is 19.5. The third-order valence-corrected chi connectivity index (χ3v) is 6.67. The van der Waals surface area contributed by atoms with Gasteiger partial charge >= 0.3 is 12.1 Å². The molecule has 0 aromatic heterocycles. The number of carboxylic acid groups (broad SMARTS) is 1. The lowest BCUT2D eigenvalue weighted by atomic mass is 9.98. The van der Waals surface area contributed by atoms with E-state index in [0.717, 1.165) is 30.4 Å². The Kier molecular flexibility index (Phi) is 7.50. The van der Waals surface area contributed by atoms with Crippen molar-refractivity contribution in [1.29, 1.82) is 0 Å². The first-order chi connectivity index (χ1) is 16.5. The molecule has 2 aliphatic rings. The summed E-state index contributed by atoms with van der Waals surface area (Å²) in [6.45, 7) is 2.17. The molecule has 0 bridgehead atoms. The van der Waals surface area contributed by atoms with Crippen molar-refractivity contribution in [1.82, 2.24) is 10.6 Å². The molecule has 7 heteroatoms. The Balaban J connectivity index is 1.33. The van der Waals surface area contributed by atoms with Gasteiger partial charge in [0.05, 0.1) is 6.42 Å². The predicted octanol–water partition coefficient (Wildman–Crippen LogP) is 4.45. The van der Waals surface area contributed by atoms with E-state index in [4.69, 9.17) is 9.84 Å². The zero-order chi connectivity index (χ0) is 24.1. The Morgan fingerprint density at radius 2 is 1.59 bits per heavy atom. The number of aliphatic carboxylic acids is 1. The number of amides is 2. The molecule has 0 radical (unpaired) electrons. The number of carboxylic acids is 1. The van der Waals surface area contributed by atoms with Crippen LogP contribution in [-0.2, 0) is 14.3 Å². The van der Waals surface area contributed by atoms with Crippen LogP contribution in [0.3, 0.4) is 0 Å². The lowest BCUT2D eigenvalue weighted by Gasteiger charge is -2.21. The number of alkyl carbamates (subject to hydrolysis) is 1. The van der Waals surface area contributed by atoms with Crippen LogP contribution in [0.4, 0.5) is 4.79 Å². The molecule has 4 rings (SSSR count). The summed E-state index contributed by atoms with van der Waals surface area (Å²) in [6.07, 6.45) is 2.78. The van der Waals surface area contributed by atoms with Gasteiger partial charge in [0.1, 0.15) is 6.61 Å². The van der Waals surface area contributed by atoms with Crippen LogP contribution >= 0.6 is 0 Å². The standard InChI is InChI=1S/C27H32N2O5/c1-2-7-18(14-26(31)32)28-25(30)15-24(17-12-13-17)29-27(33)34-16-23-21-10-5-3-8-19(21)20-9-4-6-11-22(20)23/h3-6,8-11,17-18,23-24H,2,7,12-16H2,1H3,(H,28,30)(H,29,33)(H,31,32)/t18-,24?/m1/s1. The fourth-order valence-corrected chi connectivity index (χ4v) is 4.90. The number of rotatable bonds is 11. The van der Waals surface area contributed by atoms with Gasteiger partial charge in [-0.05, 0) is 47.4 Å². The minimum Gasteiger partial charge on any atom is -0.481 e. The van der Waals surface area contributed by atoms with Gasteiger partial charge in [0.15, 0.2) is 0 Å². The molecular formula is C27H32N2O5. The van der Waals surface area contributed by atoms with Crippen LogP contribution in [0.25, 0.3) is 11.1 Å². The number of benzene rings is 2. The Hall–Kier alpha value is -3.35. The molecule has 0 aliphatic heterocycles. The van der Waals surface area contributed by atoms with Crippen molar-refractivity contribution in [2.75, 3.05) is 6.61 Å². The third-order valence-electron chi connectivity index (χ3n) is 6.67. The van der Waals surface area contributed by atoms with Crippen LogP contribution < -0.4 is 10.6 Å². The number of carbonyl (C=O) groups is 3. The second-order valence-corrected chi connectivity index (χ2v) is 9.27. The highest BCUT2D eigenvalue weighted by Gasteiger charge is 2.35. The molecule has 3 N–H and O–H groups in total. The van der Waals surface area contributed by atoms with Gasteiger partial charge < -0.3 is 20.5 Å². The molecule has 1 fully saturated rings. The van der Waals surface area contributed by atoms with Crippen LogP contribution in [0.1, 0.15) is 62.5 Å². The van der Waals surface area contributed by atoms with E-state index in [1.54, 1.807) is 0 Å². The fraction of sp³-hybridized carbons (Fsp3) is 0.444. The van der Waals surface area contributed by atoms with Crippen molar-refractivity contribution in [2.24, 2.45) is 5.92 Å². The number of hydrogen-bond acceptors (Lipinski definition) is 4. The van der Waals surface area contributed by atoms with Crippen molar-refractivity contribution >= 4 is 18.0 Å². The molecule has 180 valence electrons. The maximum Gasteiger partial charge on any atom is 0.407 e. The van der Waals surface area contributed by atoms with E-state index in [2.05, 4.69) is 34.9 Å². The monoisotopic (exact) mass is 464 g/mol. The number of hydrogen-bond donors (Lipinski definition) is 3. The lowest BCUT2D eigenvalue weighted by molar-refractivity contribution is -0.137. The third kappa shape index (κ3) is 5.76. The second kappa shape index (κ2) is 10.7. The summed E-state index contributed by atoms with van der Waals surface area (Å²) in [5, 5.41) is 14.8. The normalized spacial score (nSPS) is 16.1. The molecule has 2 aliphatic carbocycles. The van der Waals surface area contributed by atoms with E-state index in [-0.39, 0.29) is 43.2 Å². The smallest absolute Gasteiger partial charge is 0.407 e. The molecule has 2 atom stereocenters. The lowest BCUT2D eigenvalue weighted by Crippen LogP contribution is -2.43. The highest BCUT2D eigenvalue weighted by atomic mass is 16.5. The summed E-state index contributed by atoms with van der Waals surface area (Å²) >= 11 is 0. The van der Waals surface area contributed by atoms with Crippen LogP contribution in [0.5, 0.6) is 0 Å². The first-order valence-corrected chi connectivity index (χ1v) is 12.1. The van der Waals surface area contributed by atoms with Gasteiger partial charge in [-0.2, -0.15) is 0 Å². The summed E-state index contributed by atoms with van der Waals surface area (Å²) < 4.78 is 5.64. The summed E-state index contributed by atoms with van der Waals surface area (Å²) in [6, 6.07) is 15.6. The van der Waals surface area contributed by atoms with E-state index in [9.17, 15) is 14.4 Å². The van der Waals surface area contributed by atoms with Gasteiger partial charge in [-0.1, -0.05) is 61.9 Å². The first kappa shape index (κ1) is 23.8. The van der Waals surface area contributed by atoms with Gasteiger partial charge in [0.25, 0.3) is 0 Å². The van der Waals surface area contributed by atoms with Crippen LogP contribution in [0, 0.1) is 5.92 Å². The average molecular weight is 465 g/mol. The van der Waals surface area contributed by atoms with Crippen LogP contribution in [-0.4, -0.2) is 41.8 Å². The predicted molar refractivity (Wildman–Crippen MR) is 128 cm³/mol. The minimum atomic E-state index is -0.936. The molecule has 0 saturated heterocycles. The number of ether oxygens (including phenoxy) is 1. The fourth-order valence-electron chi connectivity index (χ4n) is 4.90. The molecule has 2 aromatic rings. The van der Waals surface area contributed by atoms with E-state index in [1.165, 1.54) is 11.1 Å². The Bertz CT molecular complexity index is 1000. The molecule has 2 aromatic carbocycles. The van der Waals surface area contributed by atoms with Gasteiger partial charge in [-0.3, -0.25) is 9.59 Å².